The largest absolute Gasteiger partial charge is 0.497 e. The molecule has 3 aromatic carbocycles. The maximum Gasteiger partial charge on any atom is 0.338 e. The Morgan fingerprint density at radius 1 is 1.00 bits per heavy atom. The molecule has 0 saturated heterocycles. The molecule has 0 bridgehead atoms. The number of carbonyl (C=O) groups excluding carboxylic acids is 2. The van der Waals surface area contributed by atoms with Crippen LogP contribution in [0.1, 0.15) is 31.0 Å². The van der Waals surface area contributed by atoms with Gasteiger partial charge in [0.2, 0.25) is 0 Å². The Labute approximate surface area is 285 Å². The van der Waals surface area contributed by atoms with E-state index in [4.69, 9.17) is 24.0 Å². The molecular weight excluding hydrogens is 644 g/mol. The monoisotopic (exact) mass is 676 g/mol. The number of methoxy groups -OCH3 is 2. The highest BCUT2D eigenvalue weighted by Crippen LogP contribution is 2.36. The van der Waals surface area contributed by atoms with Gasteiger partial charge in [0.25, 0.3) is 5.56 Å². The summed E-state index contributed by atoms with van der Waals surface area (Å²) >= 11 is 1.20. The van der Waals surface area contributed by atoms with Gasteiger partial charge in [0, 0.05) is 24.2 Å². The van der Waals surface area contributed by atoms with E-state index in [0.29, 0.717) is 37.6 Å². The van der Waals surface area contributed by atoms with Crippen LogP contribution in [-0.2, 0) is 14.3 Å². The van der Waals surface area contributed by atoms with Gasteiger partial charge in [-0.3, -0.25) is 14.2 Å². The van der Waals surface area contributed by atoms with Crippen LogP contribution in [0.3, 0.4) is 0 Å². The molecule has 0 spiro atoms. The number of aromatic nitrogens is 3. The molecule has 0 aliphatic carbocycles. The Bertz CT molecular complexity index is 2280. The van der Waals surface area contributed by atoms with Gasteiger partial charge in [-0.1, -0.05) is 48.3 Å². The molecule has 11 nitrogen and oxygen atoms in total. The van der Waals surface area contributed by atoms with E-state index < -0.39 is 18.0 Å². The Morgan fingerprint density at radius 2 is 1.76 bits per heavy atom. The molecule has 5 aromatic rings. The van der Waals surface area contributed by atoms with Crippen LogP contribution in [0.25, 0.3) is 23.0 Å². The van der Waals surface area contributed by atoms with Crippen LogP contribution in [0.2, 0.25) is 0 Å². The van der Waals surface area contributed by atoms with Gasteiger partial charge in [-0.15, -0.1) is 0 Å². The summed E-state index contributed by atoms with van der Waals surface area (Å²) in [5.74, 6) is -0.0104. The summed E-state index contributed by atoms with van der Waals surface area (Å²) in [6, 6.07) is 21.1. The van der Waals surface area contributed by atoms with E-state index in [0.717, 1.165) is 11.3 Å². The number of allylic oxidation sites excluding steroid dienone is 1. The molecule has 1 atom stereocenters. The molecule has 0 radical (unpaired) electrons. The third-order valence-electron chi connectivity index (χ3n) is 7.74. The maximum absolute atomic E-state index is 14.4. The van der Waals surface area contributed by atoms with Gasteiger partial charge in [-0.25, -0.2) is 14.5 Å². The first-order valence-electron chi connectivity index (χ1n) is 15.2. The lowest BCUT2D eigenvalue weighted by Crippen LogP contribution is -2.40. The lowest BCUT2D eigenvalue weighted by atomic mass is 9.95. The first kappa shape index (κ1) is 32.9. The first-order chi connectivity index (χ1) is 23.7. The van der Waals surface area contributed by atoms with Gasteiger partial charge < -0.3 is 18.9 Å². The summed E-state index contributed by atoms with van der Waals surface area (Å²) in [6.45, 7) is 6.60. The zero-order valence-corrected chi connectivity index (χ0v) is 28.0. The van der Waals surface area contributed by atoms with Crippen molar-refractivity contribution in [3.63, 3.8) is 0 Å². The smallest absolute Gasteiger partial charge is 0.338 e. The summed E-state index contributed by atoms with van der Waals surface area (Å²) in [7, 11) is 3.04. The minimum Gasteiger partial charge on any atom is -0.497 e. The Morgan fingerprint density at radius 3 is 2.43 bits per heavy atom. The summed E-state index contributed by atoms with van der Waals surface area (Å²) < 4.78 is 25.2. The molecule has 0 N–H and O–H groups in total. The van der Waals surface area contributed by atoms with Crippen LogP contribution < -0.4 is 29.1 Å². The molecule has 0 saturated carbocycles. The number of rotatable bonds is 10. The van der Waals surface area contributed by atoms with Crippen molar-refractivity contribution in [1.82, 2.24) is 14.3 Å². The number of benzene rings is 3. The average molecular weight is 677 g/mol. The molecule has 0 fully saturated rings. The van der Waals surface area contributed by atoms with Crippen molar-refractivity contribution in [2.24, 2.45) is 4.99 Å². The van der Waals surface area contributed by atoms with E-state index in [1.165, 1.54) is 36.0 Å². The van der Waals surface area contributed by atoms with E-state index in [9.17, 15) is 14.4 Å². The number of hydrogen-bond acceptors (Lipinski definition) is 10. The summed E-state index contributed by atoms with van der Waals surface area (Å²) in [5, 5.41) is 4.89. The first-order valence-corrected chi connectivity index (χ1v) is 16.0. The van der Waals surface area contributed by atoms with Gasteiger partial charge in [-0.05, 0) is 67.1 Å². The van der Waals surface area contributed by atoms with Crippen LogP contribution in [-0.4, -0.2) is 47.1 Å². The Kier molecular flexibility index (Phi) is 9.40. The molecule has 6 rings (SSSR count). The molecule has 1 aliphatic rings. The van der Waals surface area contributed by atoms with E-state index >= 15 is 0 Å². The highest BCUT2D eigenvalue weighted by molar-refractivity contribution is 7.07. The number of esters is 2. The predicted molar refractivity (Wildman–Crippen MR) is 185 cm³/mol. The van der Waals surface area contributed by atoms with Crippen LogP contribution in [0.15, 0.2) is 113 Å². The number of carbonyl (C=O) groups is 2. The third-order valence-corrected chi connectivity index (χ3v) is 8.73. The minimum absolute atomic E-state index is 0.0268. The minimum atomic E-state index is -0.927. The molecule has 2 aromatic heterocycles. The number of ether oxygens (including phenoxy) is 4. The summed E-state index contributed by atoms with van der Waals surface area (Å²) in [6.07, 6.45) is 5.11. The van der Waals surface area contributed by atoms with Gasteiger partial charge in [0.15, 0.2) is 16.3 Å². The van der Waals surface area contributed by atoms with Crippen LogP contribution in [0, 0.1) is 0 Å². The van der Waals surface area contributed by atoms with Crippen LogP contribution in [0.5, 0.6) is 17.2 Å². The van der Waals surface area contributed by atoms with Crippen molar-refractivity contribution in [1.29, 1.82) is 0 Å². The van der Waals surface area contributed by atoms with Crippen molar-refractivity contribution in [2.45, 2.75) is 19.9 Å². The lowest BCUT2D eigenvalue weighted by molar-refractivity contribution is -0.138. The Hall–Kier alpha value is -6.01. The van der Waals surface area contributed by atoms with Gasteiger partial charge in [0.05, 0.1) is 41.8 Å². The molecule has 49 heavy (non-hydrogen) atoms. The number of fused-ring (bicyclic) bond motifs is 1. The van der Waals surface area contributed by atoms with Crippen LogP contribution in [0.4, 0.5) is 0 Å². The quantitative estimate of drug-likeness (QED) is 0.118. The van der Waals surface area contributed by atoms with Crippen molar-refractivity contribution in [2.75, 3.05) is 20.8 Å². The topological polar surface area (TPSA) is 123 Å². The zero-order chi connectivity index (χ0) is 34.7. The van der Waals surface area contributed by atoms with Crippen molar-refractivity contribution < 1.29 is 28.5 Å². The van der Waals surface area contributed by atoms with Crippen molar-refractivity contribution in [3.8, 4) is 34.2 Å². The summed E-state index contributed by atoms with van der Waals surface area (Å²) in [4.78, 5) is 44.7. The molecule has 0 amide bonds. The summed E-state index contributed by atoms with van der Waals surface area (Å²) in [5.41, 5.74) is 3.76. The number of hydrogen-bond donors (Lipinski definition) is 0. The van der Waals surface area contributed by atoms with E-state index in [1.807, 2.05) is 60.8 Å². The maximum atomic E-state index is 14.4. The number of nitrogens with zero attached hydrogens (tertiary/aromatic N) is 4. The fourth-order valence-corrected chi connectivity index (χ4v) is 6.56. The fourth-order valence-electron chi connectivity index (χ4n) is 5.52. The molecule has 1 unspecified atom stereocenters. The number of para-hydroxylation sites is 1. The fraction of sp³-hybridized carbons (Fsp3) is 0.162. The highest BCUT2D eigenvalue weighted by Gasteiger charge is 2.34. The molecule has 248 valence electrons. The van der Waals surface area contributed by atoms with E-state index in [-0.39, 0.29) is 29.2 Å². The second-order valence-electron chi connectivity index (χ2n) is 10.9. The normalized spacial score (nSPS) is 14.1. The van der Waals surface area contributed by atoms with Crippen molar-refractivity contribution >= 4 is 29.4 Å². The second-order valence-corrected chi connectivity index (χ2v) is 11.9. The SMILES string of the molecule is C=CCOC(=O)C1=C(C)N=c2s/c(=C\c3cn(-c4ccccc4)nc3-c3ccc(OC)cc3)c(=O)n2C1c1ccc(OC(C)=O)c(OC)c1. The van der Waals surface area contributed by atoms with Gasteiger partial charge in [-0.2, -0.15) is 5.10 Å². The Balaban J connectivity index is 1.55. The van der Waals surface area contributed by atoms with E-state index in [2.05, 4.69) is 11.6 Å². The zero-order valence-electron chi connectivity index (χ0n) is 27.2. The third kappa shape index (κ3) is 6.58. The van der Waals surface area contributed by atoms with Gasteiger partial charge in [0.1, 0.15) is 18.1 Å². The van der Waals surface area contributed by atoms with Crippen LogP contribution >= 0.6 is 11.3 Å². The molecule has 3 heterocycles. The standard InChI is InChI=1S/C37H32N4O7S/c1-6-18-47-36(44)32-22(2)38-37-41(34(32)25-14-17-29(48-23(3)42)30(19-25)46-5)35(43)31(49-37)20-26-21-40(27-10-8-7-9-11-27)39-33(26)24-12-15-28(45-4)16-13-24/h6-17,19-21,34H,1,18H2,2-5H3/b31-20-. The molecule has 1 aliphatic heterocycles. The molecular formula is C37H32N4O7S. The lowest BCUT2D eigenvalue weighted by Gasteiger charge is -2.25. The predicted octanol–water partition coefficient (Wildman–Crippen LogP) is 4.76. The molecule has 12 heteroatoms. The van der Waals surface area contributed by atoms with Crippen molar-refractivity contribution in [3.05, 3.63) is 134 Å². The van der Waals surface area contributed by atoms with Gasteiger partial charge >= 0.3 is 11.9 Å². The number of thiazole rings is 1. The van der Waals surface area contributed by atoms with E-state index in [1.54, 1.807) is 43.0 Å². The average Bonchev–Trinajstić information content (AvgIpc) is 3.67. The highest BCUT2D eigenvalue weighted by atomic mass is 32.1. The second kappa shape index (κ2) is 14.0.